The van der Waals surface area contributed by atoms with Crippen LogP contribution in [-0.4, -0.2) is 0 Å². The number of aryl methyl sites for hydroxylation is 1. The molecule has 0 aliphatic carbocycles. The van der Waals surface area contributed by atoms with Crippen molar-refractivity contribution in [2.75, 3.05) is 0 Å². The average molecular weight is 244 g/mol. The van der Waals surface area contributed by atoms with Crippen LogP contribution in [0.15, 0.2) is 30.9 Å². The Balaban J connectivity index is 0.000000686. The van der Waals surface area contributed by atoms with E-state index >= 15 is 0 Å². The van der Waals surface area contributed by atoms with Gasteiger partial charge in [-0.2, -0.15) is 0 Å². The van der Waals surface area contributed by atoms with Gasteiger partial charge in [0, 0.05) is 15.0 Å². The lowest BCUT2D eigenvalue weighted by molar-refractivity contribution is 1.50. The summed E-state index contributed by atoms with van der Waals surface area (Å²) in [5.74, 6) is 0. The van der Waals surface area contributed by atoms with E-state index in [1.807, 2.05) is 38.2 Å². The molecule has 0 N–H and O–H groups in total. The van der Waals surface area contributed by atoms with E-state index in [0.717, 1.165) is 0 Å². The summed E-state index contributed by atoms with van der Waals surface area (Å²) >= 11 is 1.82. The number of hydrogen-bond acceptors (Lipinski definition) is 1. The van der Waals surface area contributed by atoms with E-state index in [1.54, 1.807) is 0 Å². The molecule has 0 aliphatic heterocycles. The molecule has 0 aliphatic rings. The van der Waals surface area contributed by atoms with Crippen molar-refractivity contribution in [1.82, 2.24) is 0 Å². The van der Waals surface area contributed by atoms with Gasteiger partial charge in [0.25, 0.3) is 0 Å². The predicted octanol–water partition coefficient (Wildman–Crippen LogP) is 5.91. The fourth-order valence-corrected chi connectivity index (χ4v) is 2.89. The molecule has 0 spiro atoms. The Kier molecular flexibility index (Phi) is 5.17. The fourth-order valence-electron chi connectivity index (χ4n) is 1.74. The topological polar surface area (TPSA) is 0 Å². The van der Waals surface area contributed by atoms with E-state index in [1.165, 1.54) is 26.1 Å². The van der Waals surface area contributed by atoms with Crippen molar-refractivity contribution in [3.63, 3.8) is 0 Å². The minimum atomic E-state index is 1.26. The molecule has 1 aromatic carbocycles. The Morgan fingerprint density at radius 1 is 1.24 bits per heavy atom. The first-order chi connectivity index (χ1) is 8.26. The molecule has 0 atom stereocenters. The Bertz CT molecular complexity index is 530. The molecule has 1 heteroatoms. The van der Waals surface area contributed by atoms with Crippen LogP contribution in [0.5, 0.6) is 0 Å². The summed E-state index contributed by atoms with van der Waals surface area (Å²) in [4.78, 5) is 1.30. The van der Waals surface area contributed by atoms with Crippen LogP contribution in [0, 0.1) is 6.92 Å². The standard InChI is InChI=1S/C14H14S.C2H6/c1-4-6-13-11(5-2)12-9-10(3)7-8-14(12)15-13;1-2/h4-9H,2H2,1,3H3;1-2H3/b6-4-;. The highest BCUT2D eigenvalue weighted by atomic mass is 32.1. The summed E-state index contributed by atoms with van der Waals surface area (Å²) < 4.78 is 1.34. The van der Waals surface area contributed by atoms with Crippen molar-refractivity contribution in [3.8, 4) is 0 Å². The second kappa shape index (κ2) is 6.41. The molecule has 0 nitrogen and oxygen atoms in total. The Labute approximate surface area is 108 Å². The molecule has 1 aromatic heterocycles. The highest BCUT2D eigenvalue weighted by Crippen LogP contribution is 2.33. The van der Waals surface area contributed by atoms with Crippen molar-refractivity contribution in [2.24, 2.45) is 0 Å². The highest BCUT2D eigenvalue weighted by Gasteiger charge is 2.06. The summed E-state index contributed by atoms with van der Waals surface area (Å²) in [7, 11) is 0. The van der Waals surface area contributed by atoms with Gasteiger partial charge in [-0.05, 0) is 37.6 Å². The molecule has 0 radical (unpaired) electrons. The molecular weight excluding hydrogens is 224 g/mol. The summed E-state index contributed by atoms with van der Waals surface area (Å²) in [5.41, 5.74) is 2.56. The third-order valence-electron chi connectivity index (χ3n) is 2.43. The summed E-state index contributed by atoms with van der Waals surface area (Å²) in [6, 6.07) is 6.58. The zero-order chi connectivity index (χ0) is 12.8. The van der Waals surface area contributed by atoms with E-state index < -0.39 is 0 Å². The summed E-state index contributed by atoms with van der Waals surface area (Å²) in [6.45, 7) is 12.1. The number of rotatable bonds is 2. The first-order valence-corrected chi connectivity index (χ1v) is 6.86. The normalized spacial score (nSPS) is 10.4. The van der Waals surface area contributed by atoms with Gasteiger partial charge in [-0.3, -0.25) is 0 Å². The van der Waals surface area contributed by atoms with Crippen LogP contribution < -0.4 is 0 Å². The highest BCUT2D eigenvalue weighted by molar-refractivity contribution is 7.20. The number of hydrogen-bond donors (Lipinski definition) is 0. The van der Waals surface area contributed by atoms with Gasteiger partial charge in [0.1, 0.15) is 0 Å². The third kappa shape index (κ3) is 2.86. The lowest BCUT2D eigenvalue weighted by Gasteiger charge is -1.95. The lowest BCUT2D eigenvalue weighted by Crippen LogP contribution is -1.73. The van der Waals surface area contributed by atoms with Crippen molar-refractivity contribution in [3.05, 3.63) is 46.9 Å². The largest absolute Gasteiger partial charge is 0.135 e. The van der Waals surface area contributed by atoms with Crippen LogP contribution in [0.2, 0.25) is 0 Å². The lowest BCUT2D eigenvalue weighted by atomic mass is 10.1. The number of allylic oxidation sites excluding steroid dienone is 1. The molecular formula is C16H20S. The van der Waals surface area contributed by atoms with Crippen LogP contribution in [0.25, 0.3) is 22.2 Å². The molecule has 0 amide bonds. The Morgan fingerprint density at radius 2 is 1.94 bits per heavy atom. The van der Waals surface area contributed by atoms with Gasteiger partial charge in [-0.25, -0.2) is 0 Å². The van der Waals surface area contributed by atoms with Crippen molar-refractivity contribution in [1.29, 1.82) is 0 Å². The first kappa shape index (κ1) is 13.7. The summed E-state index contributed by atoms with van der Waals surface area (Å²) in [5, 5.41) is 1.32. The Hall–Kier alpha value is -1.34. The maximum absolute atomic E-state index is 3.90. The van der Waals surface area contributed by atoms with Gasteiger partial charge in [-0.1, -0.05) is 44.2 Å². The van der Waals surface area contributed by atoms with E-state index in [0.29, 0.717) is 0 Å². The van der Waals surface area contributed by atoms with Crippen LogP contribution >= 0.6 is 11.3 Å². The minimum Gasteiger partial charge on any atom is -0.135 e. The van der Waals surface area contributed by atoms with Crippen molar-refractivity contribution < 1.29 is 0 Å². The minimum absolute atomic E-state index is 1.26. The van der Waals surface area contributed by atoms with Crippen LogP contribution in [-0.2, 0) is 0 Å². The number of fused-ring (bicyclic) bond motifs is 1. The quantitative estimate of drug-likeness (QED) is 0.616. The molecule has 1 heterocycles. The van der Waals surface area contributed by atoms with Gasteiger partial charge in [0.2, 0.25) is 0 Å². The van der Waals surface area contributed by atoms with Gasteiger partial charge >= 0.3 is 0 Å². The maximum atomic E-state index is 3.90. The van der Waals surface area contributed by atoms with Crippen LogP contribution in [0.4, 0.5) is 0 Å². The van der Waals surface area contributed by atoms with E-state index in [2.05, 4.69) is 43.9 Å². The third-order valence-corrected chi connectivity index (χ3v) is 3.58. The molecule has 17 heavy (non-hydrogen) atoms. The van der Waals surface area contributed by atoms with Gasteiger partial charge in [0.15, 0.2) is 0 Å². The maximum Gasteiger partial charge on any atom is 0.0355 e. The molecule has 90 valence electrons. The van der Waals surface area contributed by atoms with E-state index in [-0.39, 0.29) is 0 Å². The van der Waals surface area contributed by atoms with Crippen molar-refractivity contribution >= 4 is 33.6 Å². The van der Waals surface area contributed by atoms with Crippen LogP contribution in [0.1, 0.15) is 36.8 Å². The smallest absolute Gasteiger partial charge is 0.0355 e. The monoisotopic (exact) mass is 244 g/mol. The molecule has 0 fully saturated rings. The molecule has 0 saturated heterocycles. The number of thiophene rings is 1. The van der Waals surface area contributed by atoms with Gasteiger partial charge < -0.3 is 0 Å². The second-order valence-electron chi connectivity index (χ2n) is 3.58. The molecule has 0 saturated carbocycles. The molecule has 0 unspecified atom stereocenters. The second-order valence-corrected chi connectivity index (χ2v) is 4.67. The molecule has 2 rings (SSSR count). The van der Waals surface area contributed by atoms with Crippen LogP contribution in [0.3, 0.4) is 0 Å². The molecule has 2 aromatic rings. The van der Waals surface area contributed by atoms with Gasteiger partial charge in [0.05, 0.1) is 0 Å². The fraction of sp³-hybridized carbons (Fsp3) is 0.250. The average Bonchev–Trinajstić information content (AvgIpc) is 2.69. The van der Waals surface area contributed by atoms with E-state index in [4.69, 9.17) is 0 Å². The summed E-state index contributed by atoms with van der Waals surface area (Å²) in [6.07, 6.45) is 6.18. The van der Waals surface area contributed by atoms with Crippen molar-refractivity contribution in [2.45, 2.75) is 27.7 Å². The first-order valence-electron chi connectivity index (χ1n) is 6.04. The number of benzene rings is 1. The molecule has 0 bridgehead atoms. The van der Waals surface area contributed by atoms with E-state index in [9.17, 15) is 0 Å². The SMILES string of the molecule is C=Cc1c(/C=C\C)sc2ccc(C)cc12.CC. The zero-order valence-corrected chi connectivity index (χ0v) is 11.9. The zero-order valence-electron chi connectivity index (χ0n) is 11.1. The predicted molar refractivity (Wildman–Crippen MR) is 82.7 cm³/mol. The Morgan fingerprint density at radius 3 is 2.53 bits per heavy atom. The van der Waals surface area contributed by atoms with Gasteiger partial charge in [-0.15, -0.1) is 11.3 Å².